The first-order valence-electron chi connectivity index (χ1n) is 51.5. The van der Waals surface area contributed by atoms with Gasteiger partial charge in [-0.25, -0.2) is 9.97 Å². The first-order valence-corrected chi connectivity index (χ1v) is 51.5. The van der Waals surface area contributed by atoms with Crippen LogP contribution in [0.25, 0.3) is 153 Å². The second kappa shape index (κ2) is 49.4. The molecule has 13 heterocycles. The maximum atomic E-state index is 5.14. The van der Waals surface area contributed by atoms with Crippen LogP contribution >= 0.6 is 0 Å². The Balaban J connectivity index is 0.000000144. The Morgan fingerprint density at radius 1 is 0.147 bits per heavy atom. The Morgan fingerprint density at radius 2 is 0.279 bits per heavy atom. The molecule has 0 aliphatic carbocycles. The molecule has 0 unspecified atom stereocenters. The van der Waals surface area contributed by atoms with E-state index < -0.39 is 0 Å². The number of hydrogen-bond donors (Lipinski definition) is 0. The van der Waals surface area contributed by atoms with Gasteiger partial charge < -0.3 is 0 Å². The summed E-state index contributed by atoms with van der Waals surface area (Å²) in [6, 6.07) is 52.5. The molecule has 0 N–H and O–H groups in total. The fraction of sp³-hybridized carbons (Fsp3) is 0.400. The minimum atomic E-state index is 0. The number of benzene rings is 6. The Morgan fingerprint density at radius 3 is 0.404 bits per heavy atom. The van der Waals surface area contributed by atoms with Crippen LogP contribution < -0.4 is 0 Å². The zero-order valence-corrected chi connectivity index (χ0v) is 87.2. The molecule has 0 atom stereocenters. The Labute approximate surface area is 832 Å². The van der Waals surface area contributed by atoms with Crippen molar-refractivity contribution in [1.82, 2.24) is 69.8 Å². The fourth-order valence-electron chi connectivity index (χ4n) is 20.0. The number of hydrogen-bond acceptors (Lipinski definition) is 14. The number of rotatable bonds is 32. The van der Waals surface area contributed by atoms with Crippen LogP contribution in [0.1, 0.15) is 304 Å². The maximum absolute atomic E-state index is 5.14. The van der Waals surface area contributed by atoms with Crippen molar-refractivity contribution in [3.05, 3.63) is 260 Å². The smallest absolute Gasteiger partial charge is 0.254 e. The van der Waals surface area contributed by atoms with Gasteiger partial charge in [-0.05, 0) is 244 Å². The molecule has 16 heteroatoms. The molecule has 136 heavy (non-hydrogen) atoms. The van der Waals surface area contributed by atoms with Crippen LogP contribution in [0, 0.1) is 0 Å². The van der Waals surface area contributed by atoms with Gasteiger partial charge in [-0.1, -0.05) is 262 Å². The average Bonchev–Trinajstić information content (AvgIpc) is 0.716. The van der Waals surface area contributed by atoms with E-state index in [1.807, 2.05) is 48.5 Å². The summed E-state index contributed by atoms with van der Waals surface area (Å²) >= 11 is 0. The van der Waals surface area contributed by atoms with Crippen LogP contribution in [0.4, 0.5) is 0 Å². The Kier molecular flexibility index (Phi) is 37.2. The zero-order chi connectivity index (χ0) is 93.7. The summed E-state index contributed by atoms with van der Waals surface area (Å²) in [5.41, 5.74) is 36.8. The van der Waals surface area contributed by atoms with Gasteiger partial charge in [0, 0.05) is 135 Å². The third kappa shape index (κ3) is 22.6. The minimum absolute atomic E-state index is 0. The molecule has 702 valence electrons. The van der Waals surface area contributed by atoms with Crippen LogP contribution in [-0.4, -0.2) is 69.8 Å². The van der Waals surface area contributed by atoms with Crippen molar-refractivity contribution < 1.29 is 39.0 Å². The summed E-state index contributed by atoms with van der Waals surface area (Å²) in [7, 11) is 0. The summed E-state index contributed by atoms with van der Waals surface area (Å²) < 4.78 is 0. The van der Waals surface area contributed by atoms with Gasteiger partial charge in [0.15, 0.2) is 0 Å². The van der Waals surface area contributed by atoms with Gasteiger partial charge in [-0.2, -0.15) is 0 Å². The third-order valence-corrected chi connectivity index (χ3v) is 26.1. The van der Waals surface area contributed by atoms with Gasteiger partial charge in [0.05, 0.1) is 88.3 Å². The normalized spacial score (nSPS) is 11.5. The number of nitrogens with zero attached hydrogens (tertiary/aromatic N) is 14. The van der Waals surface area contributed by atoms with E-state index in [-0.39, 0.29) is 39.0 Å². The van der Waals surface area contributed by atoms with Crippen LogP contribution in [0.5, 0.6) is 0 Å². The molecule has 0 saturated carbocycles. The van der Waals surface area contributed by atoms with E-state index in [0.29, 0.717) is 0 Å². The van der Waals surface area contributed by atoms with Crippen molar-refractivity contribution in [2.75, 3.05) is 0 Å². The van der Waals surface area contributed by atoms with Crippen molar-refractivity contribution >= 4 is 153 Å². The first kappa shape index (κ1) is 102. The van der Waals surface area contributed by atoms with Crippen LogP contribution in [0.15, 0.2) is 170 Å². The van der Waals surface area contributed by atoms with E-state index in [2.05, 4.69) is 228 Å². The molecular formula is C120H140N14Ru2+4. The Bertz CT molecular complexity index is 6230. The monoisotopic (exact) mass is 1980 g/mol. The molecule has 6 aromatic carbocycles. The van der Waals surface area contributed by atoms with Gasteiger partial charge in [0.2, 0.25) is 0 Å². The summed E-state index contributed by atoms with van der Waals surface area (Å²) in [5.74, 6) is 0. The molecule has 0 amide bonds. The number of fused-ring (bicyclic) bond motifs is 24. The quantitative estimate of drug-likeness (QED) is 0.0221. The minimum Gasteiger partial charge on any atom is -0.254 e. The SMILES string of the molecule is CCCc1cc2ccc3cc(CCC)c(CCC)nc3c2nc1CCC.CCCc1cc2ccc3cc(CCC)c(CCC)nc3c2nc1CCC.CCCc1cc2ccc3cc(CCC)c(CCC)nc3c2nc1CCC.CCCc1cc2ccc3cc(CCC)c(CCC)nc3c2nc1CCC.[Ru+2].[Ru+2].c1cnc2c(c1)c1nc3c4cccnc4c4ncccc4c3nc1c1cccnc12. The largest absolute Gasteiger partial charge is 2.00 e. The predicted octanol–water partition coefficient (Wildman–Crippen LogP) is 31.3. The molecule has 0 fully saturated rings. The van der Waals surface area contributed by atoms with Crippen molar-refractivity contribution in [3.63, 3.8) is 0 Å². The van der Waals surface area contributed by atoms with Gasteiger partial charge in [-0.15, -0.1) is 0 Å². The Hall–Kier alpha value is -10.9. The third-order valence-electron chi connectivity index (χ3n) is 26.1. The van der Waals surface area contributed by atoms with Crippen LogP contribution in [-0.2, 0) is 142 Å². The summed E-state index contributed by atoms with van der Waals surface area (Å²) in [4.78, 5) is 69.7. The predicted molar refractivity (Wildman–Crippen MR) is 570 cm³/mol. The van der Waals surface area contributed by atoms with Crippen LogP contribution in [0.3, 0.4) is 0 Å². The van der Waals surface area contributed by atoms with Crippen molar-refractivity contribution in [2.24, 2.45) is 0 Å². The molecule has 19 aromatic rings. The van der Waals surface area contributed by atoms with Crippen LogP contribution in [0.2, 0.25) is 0 Å². The van der Waals surface area contributed by atoms with E-state index in [1.165, 1.54) is 133 Å². The van der Waals surface area contributed by atoms with Crippen molar-refractivity contribution in [2.45, 2.75) is 316 Å². The molecule has 0 aliphatic rings. The average molecular weight is 1980 g/mol. The van der Waals surface area contributed by atoms with E-state index in [1.54, 1.807) is 24.8 Å². The molecule has 14 nitrogen and oxygen atoms in total. The second-order valence-corrected chi connectivity index (χ2v) is 36.8. The molecule has 0 radical (unpaired) electrons. The van der Waals surface area contributed by atoms with Crippen molar-refractivity contribution in [1.29, 1.82) is 0 Å². The summed E-state index contributed by atoms with van der Waals surface area (Å²) in [6.07, 6.45) is 42.8. The van der Waals surface area contributed by atoms with E-state index in [9.17, 15) is 0 Å². The van der Waals surface area contributed by atoms with Gasteiger partial charge in [0.25, 0.3) is 0 Å². The number of aryl methyl sites for hydroxylation is 16. The molecular weight excluding hydrogens is 1840 g/mol. The second-order valence-electron chi connectivity index (χ2n) is 36.8. The standard InChI is InChI=1S/C24H12N6.4C24H32N2.2Ru/c1-5-13-17(25-9-1)18-14(6-2-10-26-18)22-21(13)29-23-15-7-3-11-27-19(15)20-16(24(23)30-22)8-4-12-28-20;4*1-5-9-17-15-19-13-14-20-16-18(10-6-2)22(12-8-4)26-24(20)23(19)25-21(17)11-7-3;;/h1-12H;4*13-16H,5-12H2,1-4H3;;/q;;;;;2*+2. The molecule has 0 aliphatic heterocycles. The van der Waals surface area contributed by atoms with E-state index in [4.69, 9.17) is 49.8 Å². The molecule has 19 rings (SSSR count). The molecule has 13 aromatic heterocycles. The summed E-state index contributed by atoms with van der Waals surface area (Å²) in [6.45, 7) is 35.8. The maximum Gasteiger partial charge on any atom is 2.00 e. The van der Waals surface area contributed by atoms with Crippen molar-refractivity contribution in [3.8, 4) is 0 Å². The molecule has 0 spiro atoms. The van der Waals surface area contributed by atoms with E-state index in [0.717, 1.165) is 315 Å². The number of pyridine rings is 12. The zero-order valence-electron chi connectivity index (χ0n) is 83.8. The number of aromatic nitrogens is 14. The topological polar surface area (TPSA) is 180 Å². The van der Waals surface area contributed by atoms with Gasteiger partial charge in [-0.3, -0.25) is 59.8 Å². The fourth-order valence-corrected chi connectivity index (χ4v) is 20.0. The van der Waals surface area contributed by atoms with Gasteiger partial charge >= 0.3 is 39.0 Å². The van der Waals surface area contributed by atoms with Gasteiger partial charge in [0.1, 0.15) is 0 Å². The van der Waals surface area contributed by atoms with E-state index >= 15 is 0 Å². The molecule has 0 bridgehead atoms. The first-order chi connectivity index (χ1) is 65.7. The molecule has 0 saturated heterocycles. The summed E-state index contributed by atoms with van der Waals surface area (Å²) in [5, 5.41) is 13.6.